The van der Waals surface area contributed by atoms with E-state index in [1.807, 2.05) is 7.05 Å². The van der Waals surface area contributed by atoms with Crippen molar-refractivity contribution in [2.45, 2.75) is 13.3 Å². The maximum atomic E-state index is 11.5. The molecule has 1 atom stereocenters. The van der Waals surface area contributed by atoms with E-state index in [1.165, 1.54) is 6.42 Å². The lowest BCUT2D eigenvalue weighted by Gasteiger charge is -2.29. The maximum Gasteiger partial charge on any atom is 0.236 e. The molecule has 0 saturated carbocycles. The predicted molar refractivity (Wildman–Crippen MR) is 61.8 cm³/mol. The van der Waals surface area contributed by atoms with E-state index in [9.17, 15) is 4.79 Å². The second-order valence-electron chi connectivity index (χ2n) is 5.20. The number of hydrogen-bond acceptors (Lipinski definition) is 3. The lowest BCUT2D eigenvalue weighted by atomic mass is 9.89. The summed E-state index contributed by atoms with van der Waals surface area (Å²) in [6.45, 7) is 5.95. The molecule has 0 spiro atoms. The number of likely N-dealkylation sites (N-methyl/N-ethyl adjacent to an activating group) is 2. The molecule has 1 N–H and O–H groups in total. The first kappa shape index (κ1) is 12.5. The highest BCUT2D eigenvalue weighted by Crippen LogP contribution is 2.24. The maximum absolute atomic E-state index is 11.5. The summed E-state index contributed by atoms with van der Waals surface area (Å²) >= 11 is 0. The highest BCUT2D eigenvalue weighted by Gasteiger charge is 2.30. The molecule has 0 aromatic rings. The van der Waals surface area contributed by atoms with E-state index < -0.39 is 0 Å². The lowest BCUT2D eigenvalue weighted by molar-refractivity contribution is -0.129. The van der Waals surface area contributed by atoms with Gasteiger partial charge in [0.2, 0.25) is 5.91 Å². The van der Waals surface area contributed by atoms with Crippen LogP contribution in [0.3, 0.4) is 0 Å². The fourth-order valence-electron chi connectivity index (χ4n) is 2.08. The molecular weight excluding hydrogens is 190 g/mol. The smallest absolute Gasteiger partial charge is 0.236 e. The molecule has 1 aliphatic rings. The molecule has 0 aromatic heterocycles. The Morgan fingerprint density at radius 2 is 2.07 bits per heavy atom. The van der Waals surface area contributed by atoms with Crippen LogP contribution in [0.1, 0.15) is 13.3 Å². The van der Waals surface area contributed by atoms with E-state index in [2.05, 4.69) is 17.1 Å². The van der Waals surface area contributed by atoms with Crippen LogP contribution < -0.4 is 5.32 Å². The molecule has 4 heteroatoms. The molecular formula is C11H23N3O. The van der Waals surface area contributed by atoms with Gasteiger partial charge in [-0.2, -0.15) is 0 Å². The van der Waals surface area contributed by atoms with Gasteiger partial charge in [-0.1, -0.05) is 6.92 Å². The van der Waals surface area contributed by atoms with E-state index in [-0.39, 0.29) is 5.91 Å². The summed E-state index contributed by atoms with van der Waals surface area (Å²) < 4.78 is 0. The van der Waals surface area contributed by atoms with Crippen molar-refractivity contribution in [3.05, 3.63) is 0 Å². The highest BCUT2D eigenvalue weighted by molar-refractivity contribution is 5.77. The number of carbonyl (C=O) groups is 1. The minimum Gasteiger partial charge on any atom is -0.348 e. The van der Waals surface area contributed by atoms with Gasteiger partial charge in [0, 0.05) is 27.2 Å². The van der Waals surface area contributed by atoms with Crippen molar-refractivity contribution >= 4 is 5.91 Å². The van der Waals surface area contributed by atoms with E-state index in [4.69, 9.17) is 0 Å². The first-order chi connectivity index (χ1) is 6.93. The van der Waals surface area contributed by atoms with E-state index in [0.717, 1.165) is 19.6 Å². The van der Waals surface area contributed by atoms with Crippen LogP contribution in [0, 0.1) is 5.41 Å². The van der Waals surface area contributed by atoms with Crippen LogP contribution in [-0.2, 0) is 4.79 Å². The van der Waals surface area contributed by atoms with E-state index in [0.29, 0.717) is 12.0 Å². The van der Waals surface area contributed by atoms with Gasteiger partial charge in [-0.15, -0.1) is 0 Å². The number of amides is 1. The Morgan fingerprint density at radius 3 is 2.53 bits per heavy atom. The predicted octanol–water partition coefficient (Wildman–Crippen LogP) is 0.00600. The van der Waals surface area contributed by atoms with Crippen molar-refractivity contribution < 1.29 is 4.79 Å². The van der Waals surface area contributed by atoms with Crippen molar-refractivity contribution in [3.63, 3.8) is 0 Å². The average Bonchev–Trinajstić information content (AvgIpc) is 2.50. The van der Waals surface area contributed by atoms with Crippen LogP contribution in [0.15, 0.2) is 0 Å². The van der Waals surface area contributed by atoms with Crippen molar-refractivity contribution in [3.8, 4) is 0 Å². The topological polar surface area (TPSA) is 35.6 Å². The first-order valence-corrected chi connectivity index (χ1v) is 5.52. The first-order valence-electron chi connectivity index (χ1n) is 5.52. The Labute approximate surface area is 92.6 Å². The minimum atomic E-state index is 0.173. The summed E-state index contributed by atoms with van der Waals surface area (Å²) in [5.41, 5.74) is 0.335. The number of nitrogens with zero attached hydrogens (tertiary/aromatic N) is 2. The lowest BCUT2D eigenvalue weighted by Crippen LogP contribution is -2.40. The summed E-state index contributed by atoms with van der Waals surface area (Å²) in [6, 6.07) is 0. The summed E-state index contributed by atoms with van der Waals surface area (Å²) in [7, 11) is 5.62. The van der Waals surface area contributed by atoms with Crippen molar-refractivity contribution in [2.75, 3.05) is 47.3 Å². The zero-order valence-electron chi connectivity index (χ0n) is 10.3. The van der Waals surface area contributed by atoms with Gasteiger partial charge in [0.05, 0.1) is 6.54 Å². The molecule has 4 nitrogen and oxygen atoms in total. The van der Waals surface area contributed by atoms with Gasteiger partial charge >= 0.3 is 0 Å². The third kappa shape index (κ3) is 3.80. The quantitative estimate of drug-likeness (QED) is 0.714. The van der Waals surface area contributed by atoms with Gasteiger partial charge in [0.25, 0.3) is 0 Å². The molecule has 1 fully saturated rings. The number of rotatable bonds is 4. The van der Waals surface area contributed by atoms with Gasteiger partial charge in [-0.05, 0) is 25.4 Å². The Morgan fingerprint density at radius 1 is 1.40 bits per heavy atom. The molecule has 0 aromatic carbocycles. The molecule has 0 bridgehead atoms. The molecule has 1 aliphatic heterocycles. The standard InChI is InChI=1S/C11H23N3O/c1-11(5-6-12-8-11)9-14(4)7-10(15)13(2)3/h12H,5-9H2,1-4H3. The fourth-order valence-corrected chi connectivity index (χ4v) is 2.08. The van der Waals surface area contributed by atoms with Crippen molar-refractivity contribution in [1.82, 2.24) is 15.1 Å². The van der Waals surface area contributed by atoms with Gasteiger partial charge in [-0.3, -0.25) is 9.69 Å². The van der Waals surface area contributed by atoms with Crippen LogP contribution in [0.4, 0.5) is 0 Å². The highest BCUT2D eigenvalue weighted by atomic mass is 16.2. The number of nitrogens with one attached hydrogen (secondary N) is 1. The van der Waals surface area contributed by atoms with Gasteiger partial charge < -0.3 is 10.2 Å². The second-order valence-corrected chi connectivity index (χ2v) is 5.20. The monoisotopic (exact) mass is 213 g/mol. The molecule has 1 unspecified atom stereocenters. The van der Waals surface area contributed by atoms with Crippen LogP contribution in [0.25, 0.3) is 0 Å². The Balaban J connectivity index is 2.35. The molecule has 0 aliphatic carbocycles. The van der Waals surface area contributed by atoms with Crippen LogP contribution in [-0.4, -0.2) is 63.0 Å². The Bertz CT molecular complexity index is 222. The zero-order chi connectivity index (χ0) is 11.5. The third-order valence-electron chi connectivity index (χ3n) is 3.01. The molecule has 1 amide bonds. The average molecular weight is 213 g/mol. The largest absolute Gasteiger partial charge is 0.348 e. The second kappa shape index (κ2) is 4.94. The van der Waals surface area contributed by atoms with E-state index in [1.54, 1.807) is 19.0 Å². The third-order valence-corrected chi connectivity index (χ3v) is 3.01. The number of hydrogen-bond donors (Lipinski definition) is 1. The summed E-state index contributed by atoms with van der Waals surface area (Å²) in [4.78, 5) is 15.3. The van der Waals surface area contributed by atoms with Gasteiger partial charge in [0.15, 0.2) is 0 Å². The number of carbonyl (C=O) groups excluding carboxylic acids is 1. The minimum absolute atomic E-state index is 0.173. The molecule has 1 rings (SSSR count). The molecule has 88 valence electrons. The summed E-state index contributed by atoms with van der Waals surface area (Å²) in [6.07, 6.45) is 1.20. The van der Waals surface area contributed by atoms with E-state index >= 15 is 0 Å². The normalized spacial score (nSPS) is 25.9. The van der Waals surface area contributed by atoms with Crippen LogP contribution in [0.5, 0.6) is 0 Å². The Kier molecular flexibility index (Phi) is 4.11. The SMILES string of the molecule is CN(CC(=O)N(C)C)CC1(C)CCNC1. The van der Waals surface area contributed by atoms with Crippen molar-refractivity contribution in [2.24, 2.45) is 5.41 Å². The summed E-state index contributed by atoms with van der Waals surface area (Å²) in [5.74, 6) is 0.173. The molecule has 1 saturated heterocycles. The Hall–Kier alpha value is -0.610. The summed E-state index contributed by atoms with van der Waals surface area (Å²) in [5, 5.41) is 3.37. The zero-order valence-corrected chi connectivity index (χ0v) is 10.3. The molecule has 0 radical (unpaired) electrons. The fraction of sp³-hybridized carbons (Fsp3) is 0.909. The van der Waals surface area contributed by atoms with Crippen molar-refractivity contribution in [1.29, 1.82) is 0 Å². The van der Waals surface area contributed by atoms with Gasteiger partial charge in [0.1, 0.15) is 0 Å². The van der Waals surface area contributed by atoms with Gasteiger partial charge in [-0.25, -0.2) is 0 Å². The van der Waals surface area contributed by atoms with Crippen LogP contribution >= 0.6 is 0 Å². The molecule has 15 heavy (non-hydrogen) atoms. The van der Waals surface area contributed by atoms with Crippen LogP contribution in [0.2, 0.25) is 0 Å². The molecule has 1 heterocycles.